The van der Waals surface area contributed by atoms with Crippen LogP contribution in [0.15, 0.2) is 91.3 Å². The third-order valence-corrected chi connectivity index (χ3v) is 5.93. The van der Waals surface area contributed by atoms with Crippen molar-refractivity contribution in [1.82, 2.24) is 19.9 Å². The maximum absolute atomic E-state index is 4.55. The minimum Gasteiger partial charge on any atom is -0.361 e. The average molecular weight is 344 g/mol. The fraction of sp³-hybridized carbons (Fsp3) is 0. The molecule has 122 valence electrons. The molecule has 4 rings (SSSR count). The Bertz CT molecular complexity index is 854. The van der Waals surface area contributed by atoms with Gasteiger partial charge in [0.05, 0.1) is 11.4 Å². The van der Waals surface area contributed by atoms with Gasteiger partial charge in [-0.2, -0.15) is 0 Å². The zero-order valence-electron chi connectivity index (χ0n) is 13.5. The van der Waals surface area contributed by atoms with Crippen LogP contribution in [0.5, 0.6) is 0 Å². The second kappa shape index (κ2) is 7.29. The van der Waals surface area contributed by atoms with Gasteiger partial charge in [0.15, 0.2) is 0 Å². The Morgan fingerprint density at radius 2 is 1.28 bits per heavy atom. The highest BCUT2D eigenvalue weighted by atomic mass is 31.1. The van der Waals surface area contributed by atoms with Crippen LogP contribution in [0.25, 0.3) is 5.57 Å². The maximum atomic E-state index is 4.55. The Morgan fingerprint density at radius 1 is 0.720 bits per heavy atom. The molecule has 2 N–H and O–H groups in total. The first-order chi connectivity index (χ1) is 12.4. The molecule has 0 aliphatic heterocycles. The third-order valence-electron chi connectivity index (χ3n) is 3.82. The van der Waals surface area contributed by atoms with Gasteiger partial charge in [0.1, 0.15) is 0 Å². The quantitative estimate of drug-likeness (QED) is 0.543. The first-order valence-corrected chi connectivity index (χ1v) is 9.43. The minimum absolute atomic E-state index is 0.717. The lowest BCUT2D eigenvalue weighted by Crippen LogP contribution is -2.12. The van der Waals surface area contributed by atoms with E-state index in [2.05, 4.69) is 37.9 Å². The van der Waals surface area contributed by atoms with Crippen LogP contribution in [0.3, 0.4) is 0 Å². The molecule has 0 spiro atoms. The number of nitrogens with one attached hydrogen (secondary N) is 2. The molecule has 0 radical (unpaired) electrons. The van der Waals surface area contributed by atoms with Crippen LogP contribution in [-0.2, 0) is 0 Å². The smallest absolute Gasteiger partial charge is 0.0724 e. The van der Waals surface area contributed by atoms with Gasteiger partial charge in [-0.25, -0.2) is 0 Å². The summed E-state index contributed by atoms with van der Waals surface area (Å²) in [5.41, 5.74) is 5.25. The number of aromatic amines is 2. The van der Waals surface area contributed by atoms with Crippen LogP contribution in [0.1, 0.15) is 11.4 Å². The molecule has 4 aromatic heterocycles. The Hall–Kier alpha value is -2.97. The molecule has 0 aliphatic rings. The van der Waals surface area contributed by atoms with Crippen LogP contribution in [0.2, 0.25) is 0 Å². The average Bonchev–Trinajstić information content (AvgIpc) is 3.38. The summed E-state index contributed by atoms with van der Waals surface area (Å²) in [5, 5.41) is 0. The molecule has 4 nitrogen and oxygen atoms in total. The lowest BCUT2D eigenvalue weighted by atomic mass is 10.1. The van der Waals surface area contributed by atoms with Crippen LogP contribution in [0, 0.1) is 0 Å². The van der Waals surface area contributed by atoms with Crippen molar-refractivity contribution in [2.24, 2.45) is 0 Å². The monoisotopic (exact) mass is 344 g/mol. The SMILES string of the molecule is C(=C(c1ccccn1)c1ccccn1)P(c1ccc[nH]1)c1ccc[nH]1. The normalized spacial score (nSPS) is 10.8. The largest absolute Gasteiger partial charge is 0.361 e. The summed E-state index contributed by atoms with van der Waals surface area (Å²) in [7, 11) is -0.717. The molecule has 4 heterocycles. The summed E-state index contributed by atoms with van der Waals surface area (Å²) in [6, 6.07) is 20.2. The van der Waals surface area contributed by atoms with Crippen molar-refractivity contribution in [3.05, 3.63) is 103 Å². The van der Waals surface area contributed by atoms with Crippen molar-refractivity contribution >= 4 is 24.4 Å². The van der Waals surface area contributed by atoms with Crippen molar-refractivity contribution in [2.75, 3.05) is 0 Å². The Balaban J connectivity index is 1.87. The maximum Gasteiger partial charge on any atom is 0.0724 e. The summed E-state index contributed by atoms with van der Waals surface area (Å²) >= 11 is 0. The number of nitrogens with zero attached hydrogens (tertiary/aromatic N) is 2. The second-order valence-corrected chi connectivity index (χ2v) is 7.42. The predicted octanol–water partition coefficient (Wildman–Crippen LogP) is 3.65. The van der Waals surface area contributed by atoms with Gasteiger partial charge in [0.2, 0.25) is 0 Å². The molecular weight excluding hydrogens is 327 g/mol. The van der Waals surface area contributed by atoms with E-state index in [1.807, 2.05) is 73.3 Å². The van der Waals surface area contributed by atoms with Gasteiger partial charge >= 0.3 is 0 Å². The van der Waals surface area contributed by atoms with Gasteiger partial charge in [0.25, 0.3) is 0 Å². The van der Waals surface area contributed by atoms with Gasteiger partial charge in [-0.3, -0.25) is 9.97 Å². The third kappa shape index (κ3) is 3.44. The fourth-order valence-electron chi connectivity index (χ4n) is 2.65. The molecule has 0 atom stereocenters. The van der Waals surface area contributed by atoms with Crippen LogP contribution in [0.4, 0.5) is 0 Å². The molecule has 0 bridgehead atoms. The molecule has 5 heteroatoms. The first kappa shape index (κ1) is 15.6. The van der Waals surface area contributed by atoms with E-state index in [4.69, 9.17) is 0 Å². The number of aromatic nitrogens is 4. The summed E-state index contributed by atoms with van der Waals surface area (Å²) in [6.07, 6.45) is 7.56. The number of hydrogen-bond donors (Lipinski definition) is 2. The topological polar surface area (TPSA) is 57.4 Å². The number of hydrogen-bond acceptors (Lipinski definition) is 2. The first-order valence-electron chi connectivity index (χ1n) is 8.02. The summed E-state index contributed by atoms with van der Waals surface area (Å²) in [4.78, 5) is 15.8. The van der Waals surface area contributed by atoms with Crippen LogP contribution < -0.4 is 10.9 Å². The number of rotatable bonds is 5. The molecule has 0 saturated heterocycles. The van der Waals surface area contributed by atoms with Crippen molar-refractivity contribution in [3.8, 4) is 0 Å². The van der Waals surface area contributed by atoms with E-state index in [-0.39, 0.29) is 0 Å². The molecule has 25 heavy (non-hydrogen) atoms. The van der Waals surface area contributed by atoms with E-state index in [0.29, 0.717) is 0 Å². The van der Waals surface area contributed by atoms with Crippen molar-refractivity contribution in [1.29, 1.82) is 0 Å². The van der Waals surface area contributed by atoms with Crippen LogP contribution >= 0.6 is 7.92 Å². The summed E-state index contributed by atoms with van der Waals surface area (Å²) in [6.45, 7) is 0. The lowest BCUT2D eigenvalue weighted by Gasteiger charge is -2.14. The minimum atomic E-state index is -0.717. The Labute approximate surface area is 147 Å². The van der Waals surface area contributed by atoms with E-state index in [0.717, 1.165) is 17.0 Å². The molecule has 0 saturated carbocycles. The molecule has 0 unspecified atom stereocenters. The molecule has 0 fully saturated rings. The molecule has 0 amide bonds. The molecule has 0 aromatic carbocycles. The zero-order valence-corrected chi connectivity index (χ0v) is 14.4. The van der Waals surface area contributed by atoms with Crippen molar-refractivity contribution in [3.63, 3.8) is 0 Å². The van der Waals surface area contributed by atoms with Gasteiger partial charge in [0, 0.05) is 49.2 Å². The zero-order chi connectivity index (χ0) is 16.9. The van der Waals surface area contributed by atoms with E-state index in [1.54, 1.807) is 0 Å². The summed E-state index contributed by atoms with van der Waals surface area (Å²) < 4.78 is 0. The number of pyridine rings is 2. The van der Waals surface area contributed by atoms with Gasteiger partial charge in [-0.15, -0.1) is 0 Å². The molecule has 0 aliphatic carbocycles. The van der Waals surface area contributed by atoms with E-state index in [9.17, 15) is 0 Å². The van der Waals surface area contributed by atoms with Gasteiger partial charge in [-0.1, -0.05) is 12.1 Å². The predicted molar refractivity (Wildman–Crippen MR) is 103 cm³/mol. The van der Waals surface area contributed by atoms with Crippen LogP contribution in [-0.4, -0.2) is 19.9 Å². The van der Waals surface area contributed by atoms with Gasteiger partial charge < -0.3 is 9.97 Å². The van der Waals surface area contributed by atoms with E-state index >= 15 is 0 Å². The standard InChI is InChI=1S/C20H17N4P/c1-3-11-21-17(7-1)16(18-8-2-4-12-22-18)15-25(19-9-5-13-23-19)20-10-6-14-24-20/h1-15,23-24H. The highest BCUT2D eigenvalue weighted by molar-refractivity contribution is 7.75. The van der Waals surface area contributed by atoms with Crippen molar-refractivity contribution in [2.45, 2.75) is 0 Å². The van der Waals surface area contributed by atoms with E-state index in [1.165, 1.54) is 10.9 Å². The highest BCUT2D eigenvalue weighted by Gasteiger charge is 2.17. The lowest BCUT2D eigenvalue weighted by molar-refractivity contribution is 1.22. The molecular formula is C20H17N4P. The van der Waals surface area contributed by atoms with E-state index < -0.39 is 7.92 Å². The Morgan fingerprint density at radius 3 is 1.68 bits per heavy atom. The highest BCUT2D eigenvalue weighted by Crippen LogP contribution is 2.38. The second-order valence-electron chi connectivity index (χ2n) is 5.45. The number of H-pyrrole nitrogens is 2. The van der Waals surface area contributed by atoms with Crippen molar-refractivity contribution < 1.29 is 0 Å². The summed E-state index contributed by atoms with van der Waals surface area (Å²) in [5.74, 6) is 2.28. The van der Waals surface area contributed by atoms with Gasteiger partial charge in [-0.05, 0) is 54.3 Å². The fourth-order valence-corrected chi connectivity index (χ4v) is 4.63. The Kier molecular flexibility index (Phi) is 4.53. The molecule has 4 aromatic rings.